The van der Waals surface area contributed by atoms with Crippen LogP contribution in [0.3, 0.4) is 0 Å². The number of carbonyl (C=O) groups is 1. The number of likely N-dealkylation sites (tertiary alicyclic amines) is 1. The smallest absolute Gasteiger partial charge is 0.320 e. The molecule has 1 saturated heterocycles. The van der Waals surface area contributed by atoms with Crippen molar-refractivity contribution >= 4 is 11.8 Å². The van der Waals surface area contributed by atoms with Crippen LogP contribution < -0.4 is 10.6 Å². The van der Waals surface area contributed by atoms with E-state index >= 15 is 0 Å². The number of halogens is 1. The van der Waals surface area contributed by atoms with Crippen molar-refractivity contribution < 1.29 is 13.9 Å². The van der Waals surface area contributed by atoms with Crippen LogP contribution in [0.5, 0.6) is 0 Å². The molecule has 1 fully saturated rings. The van der Waals surface area contributed by atoms with Gasteiger partial charge in [-0.05, 0) is 49.1 Å². The van der Waals surface area contributed by atoms with Crippen LogP contribution in [0.2, 0.25) is 0 Å². The van der Waals surface area contributed by atoms with Gasteiger partial charge in [0.15, 0.2) is 0 Å². The summed E-state index contributed by atoms with van der Waals surface area (Å²) >= 11 is 0. The zero-order chi connectivity index (χ0) is 23.5. The van der Waals surface area contributed by atoms with Gasteiger partial charge in [-0.1, -0.05) is 30.3 Å². The van der Waals surface area contributed by atoms with Crippen molar-refractivity contribution in [2.24, 2.45) is 0 Å². The molecule has 0 spiro atoms. The van der Waals surface area contributed by atoms with E-state index in [1.54, 1.807) is 19.2 Å². The summed E-state index contributed by atoms with van der Waals surface area (Å²) in [6.45, 7) is 2.77. The van der Waals surface area contributed by atoms with Crippen molar-refractivity contribution in [3.05, 3.63) is 77.2 Å². The molecule has 2 aromatic carbocycles. The number of aromatic nitrogens is 2. The van der Waals surface area contributed by atoms with Crippen LogP contribution in [0.4, 0.5) is 15.0 Å². The quantitative estimate of drug-likeness (QED) is 0.560. The average Bonchev–Trinajstić information content (AvgIpc) is 3.54. The number of ether oxygens (including phenoxy) is 1. The van der Waals surface area contributed by atoms with E-state index in [0.29, 0.717) is 13.2 Å². The third-order valence-electron chi connectivity index (χ3n) is 6.74. The Kier molecular flexibility index (Phi) is 6.60. The van der Waals surface area contributed by atoms with Crippen LogP contribution in [0.1, 0.15) is 29.2 Å². The number of para-hydroxylation sites is 1. The number of methoxy groups -OCH3 is 1. The number of aryl methyl sites for hydroxylation is 1. The van der Waals surface area contributed by atoms with Gasteiger partial charge in [-0.25, -0.2) is 13.9 Å². The van der Waals surface area contributed by atoms with E-state index in [-0.39, 0.29) is 23.8 Å². The number of hydrogen-bond acceptors (Lipinski definition) is 4. The largest absolute Gasteiger partial charge is 0.383 e. The van der Waals surface area contributed by atoms with E-state index in [0.717, 1.165) is 60.7 Å². The van der Waals surface area contributed by atoms with Gasteiger partial charge >= 0.3 is 6.03 Å². The fourth-order valence-corrected chi connectivity index (χ4v) is 5.10. The van der Waals surface area contributed by atoms with Gasteiger partial charge < -0.3 is 10.1 Å². The molecule has 2 heterocycles. The summed E-state index contributed by atoms with van der Waals surface area (Å²) < 4.78 is 21.0. The first-order valence-corrected chi connectivity index (χ1v) is 11.8. The van der Waals surface area contributed by atoms with Crippen molar-refractivity contribution in [2.45, 2.75) is 31.2 Å². The second-order valence-corrected chi connectivity index (χ2v) is 8.99. The highest BCUT2D eigenvalue weighted by Crippen LogP contribution is 2.32. The van der Waals surface area contributed by atoms with Crippen molar-refractivity contribution in [2.75, 3.05) is 38.7 Å². The van der Waals surface area contributed by atoms with E-state index in [9.17, 15) is 9.18 Å². The van der Waals surface area contributed by atoms with E-state index in [1.807, 2.05) is 41.1 Å². The summed E-state index contributed by atoms with van der Waals surface area (Å²) in [5.74, 6) is 0.453. The number of hydrogen-bond donors (Lipinski definition) is 2. The standard InChI is InChI=1S/C26H30FN5O2/c1-34-14-13-31-16-22(18-7-5-8-19(27)15-18)24(17-31)28-26(33)29-25-21-11-6-12-23(21)30-32(25)20-9-3-2-4-10-20/h2-5,7-10,15,22,24H,6,11-14,16-17H2,1H3,(H2,28,29,33)/t22-,24?/m0/s1. The molecular weight excluding hydrogens is 433 g/mol. The van der Waals surface area contributed by atoms with Gasteiger partial charge in [0.2, 0.25) is 0 Å². The van der Waals surface area contributed by atoms with Crippen LogP contribution in [-0.2, 0) is 17.6 Å². The molecule has 2 amide bonds. The Morgan fingerprint density at radius 2 is 2.00 bits per heavy atom. The van der Waals surface area contributed by atoms with Gasteiger partial charge in [0.05, 0.1) is 24.0 Å². The first-order chi connectivity index (χ1) is 16.6. The highest BCUT2D eigenvalue weighted by atomic mass is 19.1. The van der Waals surface area contributed by atoms with Crippen molar-refractivity contribution in [3.63, 3.8) is 0 Å². The van der Waals surface area contributed by atoms with Crippen molar-refractivity contribution in [3.8, 4) is 5.69 Å². The van der Waals surface area contributed by atoms with Gasteiger partial charge in [0.1, 0.15) is 11.6 Å². The summed E-state index contributed by atoms with van der Waals surface area (Å²) in [7, 11) is 1.68. The lowest BCUT2D eigenvalue weighted by atomic mass is 9.94. The Morgan fingerprint density at radius 1 is 1.15 bits per heavy atom. The Hall–Kier alpha value is -3.23. The van der Waals surface area contributed by atoms with Gasteiger partial charge in [0, 0.05) is 38.2 Å². The molecule has 34 heavy (non-hydrogen) atoms. The lowest BCUT2D eigenvalue weighted by Crippen LogP contribution is -2.42. The highest BCUT2D eigenvalue weighted by Gasteiger charge is 2.35. The molecule has 1 unspecified atom stereocenters. The first kappa shape index (κ1) is 22.6. The first-order valence-electron chi connectivity index (χ1n) is 11.8. The highest BCUT2D eigenvalue weighted by molar-refractivity contribution is 5.90. The molecule has 2 aliphatic rings. The van der Waals surface area contributed by atoms with E-state index in [4.69, 9.17) is 9.84 Å². The Morgan fingerprint density at radius 3 is 2.79 bits per heavy atom. The average molecular weight is 464 g/mol. The Balaban J connectivity index is 1.36. The number of nitrogens with zero attached hydrogens (tertiary/aromatic N) is 3. The molecule has 178 valence electrons. The maximum absolute atomic E-state index is 14.0. The Labute approximate surface area is 198 Å². The predicted molar refractivity (Wildman–Crippen MR) is 129 cm³/mol. The fourth-order valence-electron chi connectivity index (χ4n) is 5.10. The minimum absolute atomic E-state index is 0.0111. The molecule has 1 aliphatic heterocycles. The topological polar surface area (TPSA) is 71.4 Å². The number of anilines is 1. The summed E-state index contributed by atoms with van der Waals surface area (Å²) in [4.78, 5) is 15.5. The molecule has 5 rings (SSSR count). The van der Waals surface area contributed by atoms with Crippen LogP contribution in [-0.4, -0.2) is 60.1 Å². The summed E-state index contributed by atoms with van der Waals surface area (Å²) in [6, 6.07) is 16.1. The molecule has 7 nitrogen and oxygen atoms in total. The van der Waals surface area contributed by atoms with Gasteiger partial charge in [-0.3, -0.25) is 10.2 Å². The predicted octanol–water partition coefficient (Wildman–Crippen LogP) is 3.74. The zero-order valence-electron chi connectivity index (χ0n) is 19.3. The van der Waals surface area contributed by atoms with Crippen molar-refractivity contribution in [1.82, 2.24) is 20.0 Å². The molecule has 8 heteroatoms. The third-order valence-corrected chi connectivity index (χ3v) is 6.74. The maximum Gasteiger partial charge on any atom is 0.320 e. The SMILES string of the molecule is COCCN1CC(NC(=O)Nc2c3c(nn2-c2ccccc2)CCC3)[C@H](c2cccc(F)c2)C1. The second-order valence-electron chi connectivity index (χ2n) is 8.99. The van der Waals surface area contributed by atoms with Crippen LogP contribution in [0, 0.1) is 5.82 Å². The number of urea groups is 1. The van der Waals surface area contributed by atoms with E-state index in [2.05, 4.69) is 15.5 Å². The Bertz CT molecular complexity index is 1150. The van der Waals surface area contributed by atoms with Crippen LogP contribution in [0.15, 0.2) is 54.6 Å². The summed E-state index contributed by atoms with van der Waals surface area (Å²) in [5.41, 5.74) is 3.95. The lowest BCUT2D eigenvalue weighted by molar-refractivity contribution is 0.159. The van der Waals surface area contributed by atoms with E-state index < -0.39 is 0 Å². The number of rotatable bonds is 7. The molecule has 3 aromatic rings. The molecule has 2 atom stereocenters. The third kappa shape index (κ3) is 4.69. The number of amides is 2. The second kappa shape index (κ2) is 9.95. The van der Waals surface area contributed by atoms with Crippen LogP contribution in [0.25, 0.3) is 5.69 Å². The van der Waals surface area contributed by atoms with E-state index in [1.165, 1.54) is 6.07 Å². The molecule has 0 radical (unpaired) electrons. The fraction of sp³-hybridized carbons (Fsp3) is 0.385. The molecule has 0 bridgehead atoms. The number of fused-ring (bicyclic) bond motifs is 1. The van der Waals surface area contributed by atoms with Gasteiger partial charge in [-0.2, -0.15) is 5.10 Å². The molecule has 1 aromatic heterocycles. The lowest BCUT2D eigenvalue weighted by Gasteiger charge is -2.21. The van der Waals surface area contributed by atoms with Gasteiger partial charge in [0.25, 0.3) is 0 Å². The molecule has 2 N–H and O–H groups in total. The minimum atomic E-state index is -0.272. The normalized spacial score (nSPS) is 19.8. The monoisotopic (exact) mass is 463 g/mol. The number of carbonyl (C=O) groups excluding carboxylic acids is 1. The van der Waals surface area contributed by atoms with Gasteiger partial charge in [-0.15, -0.1) is 0 Å². The zero-order valence-corrected chi connectivity index (χ0v) is 19.3. The van der Waals surface area contributed by atoms with Crippen molar-refractivity contribution in [1.29, 1.82) is 0 Å². The van der Waals surface area contributed by atoms with Crippen LogP contribution >= 0.6 is 0 Å². The maximum atomic E-state index is 14.0. The summed E-state index contributed by atoms with van der Waals surface area (Å²) in [6.07, 6.45) is 2.87. The molecule has 0 saturated carbocycles. The molecule has 1 aliphatic carbocycles. The molecular formula is C26H30FN5O2. The minimum Gasteiger partial charge on any atom is -0.383 e. The number of nitrogens with one attached hydrogen (secondary N) is 2. The number of benzene rings is 2. The summed E-state index contributed by atoms with van der Waals surface area (Å²) in [5, 5.41) is 11.0.